The Morgan fingerprint density at radius 1 is 0.964 bits per heavy atom. The maximum atomic E-state index is 12.8. The summed E-state index contributed by atoms with van der Waals surface area (Å²) in [5.74, 6) is 2.16. The lowest BCUT2D eigenvalue weighted by molar-refractivity contribution is 0.0999. The average molecular weight is 398 g/mol. The van der Waals surface area contributed by atoms with Gasteiger partial charge in [-0.25, -0.2) is 0 Å². The Balaban J connectivity index is 1.56. The number of methoxy groups -OCH3 is 3. The Morgan fingerprint density at radius 2 is 1.68 bits per heavy atom. The highest BCUT2D eigenvalue weighted by atomic mass is 32.2. The number of ether oxygens (including phenoxy) is 3. The van der Waals surface area contributed by atoms with Gasteiger partial charge in [0, 0.05) is 5.56 Å². The lowest BCUT2D eigenvalue weighted by atomic mass is 10.1. The smallest absolute Gasteiger partial charge is 0.277 e. The highest BCUT2D eigenvalue weighted by Gasteiger charge is 2.34. The van der Waals surface area contributed by atoms with Gasteiger partial charge in [0.15, 0.2) is 17.3 Å². The molecule has 0 saturated carbocycles. The number of hydrogen-bond donors (Lipinski definition) is 0. The number of para-hydroxylation sites is 1. The summed E-state index contributed by atoms with van der Waals surface area (Å²) in [4.78, 5) is 12.8. The zero-order chi connectivity index (χ0) is 19.7. The Bertz CT molecular complexity index is 1030. The first-order valence-electron chi connectivity index (χ1n) is 8.57. The summed E-state index contributed by atoms with van der Waals surface area (Å²) >= 11 is 1.26. The molecule has 144 valence electrons. The number of ketones is 1. The van der Waals surface area contributed by atoms with E-state index < -0.39 is 0 Å². The van der Waals surface area contributed by atoms with Gasteiger partial charge in [-0.3, -0.25) is 4.79 Å². The summed E-state index contributed by atoms with van der Waals surface area (Å²) in [6.07, 6.45) is 0.561. The van der Waals surface area contributed by atoms with E-state index in [-0.39, 0.29) is 11.0 Å². The summed E-state index contributed by atoms with van der Waals surface area (Å²) < 4.78 is 21.7. The molecular formula is C20H18N2O5S. The molecule has 2 aromatic carbocycles. The topological polar surface area (TPSA) is 83.7 Å². The van der Waals surface area contributed by atoms with Gasteiger partial charge in [-0.2, -0.15) is 0 Å². The van der Waals surface area contributed by atoms with Gasteiger partial charge in [-0.05, 0) is 36.2 Å². The Kier molecular flexibility index (Phi) is 4.95. The second-order valence-corrected chi connectivity index (χ2v) is 7.27. The monoisotopic (exact) mass is 398 g/mol. The molecule has 1 aliphatic rings. The first kappa shape index (κ1) is 18.4. The minimum absolute atomic E-state index is 0.0120. The third kappa shape index (κ3) is 3.20. The number of thioether (sulfide) groups is 1. The van der Waals surface area contributed by atoms with E-state index >= 15 is 0 Å². The van der Waals surface area contributed by atoms with Gasteiger partial charge in [0.2, 0.25) is 0 Å². The zero-order valence-electron chi connectivity index (χ0n) is 15.6. The SMILES string of the molecule is COc1cc2c(cc1OC)C(=O)[C@H](Sc1nnc(-c3ccccc3OC)o1)C2. The first-order chi connectivity index (χ1) is 13.6. The standard InChI is InChI=1S/C20H18N2O5S/c1-24-14-7-5-4-6-12(14)19-21-22-20(27-19)28-17-9-11-8-15(25-2)16(26-3)10-13(11)18(17)23/h4-8,10,17H,9H2,1-3H3/t17-/m1/s1. The number of nitrogens with zero attached hydrogens (tertiary/aromatic N) is 2. The largest absolute Gasteiger partial charge is 0.496 e. The number of hydrogen-bond acceptors (Lipinski definition) is 8. The highest BCUT2D eigenvalue weighted by Crippen LogP contribution is 2.40. The van der Waals surface area contributed by atoms with Crippen molar-refractivity contribution in [1.82, 2.24) is 10.2 Å². The lowest BCUT2D eigenvalue weighted by Gasteiger charge is -2.09. The van der Waals surface area contributed by atoms with Gasteiger partial charge in [0.25, 0.3) is 11.1 Å². The lowest BCUT2D eigenvalue weighted by Crippen LogP contribution is -2.11. The molecule has 1 aliphatic carbocycles. The molecule has 0 spiro atoms. The number of fused-ring (bicyclic) bond motifs is 1. The summed E-state index contributed by atoms with van der Waals surface area (Å²) in [7, 11) is 4.71. The number of carbonyl (C=O) groups excluding carboxylic acids is 1. The van der Waals surface area contributed by atoms with Crippen molar-refractivity contribution in [3.05, 3.63) is 47.5 Å². The molecule has 0 N–H and O–H groups in total. The summed E-state index contributed by atoms with van der Waals surface area (Å²) in [6.45, 7) is 0. The molecule has 3 aromatic rings. The van der Waals surface area contributed by atoms with Crippen LogP contribution in [0.25, 0.3) is 11.5 Å². The molecule has 0 radical (unpaired) electrons. The van der Waals surface area contributed by atoms with E-state index in [0.717, 1.165) is 5.56 Å². The summed E-state index contributed by atoms with van der Waals surface area (Å²) in [5, 5.41) is 8.19. The fraction of sp³-hybridized carbons (Fsp3) is 0.250. The van der Waals surface area contributed by atoms with Crippen molar-refractivity contribution in [2.45, 2.75) is 16.9 Å². The molecule has 4 rings (SSSR count). The molecule has 1 aromatic heterocycles. The second kappa shape index (κ2) is 7.55. The zero-order valence-corrected chi connectivity index (χ0v) is 16.4. The van der Waals surface area contributed by atoms with Crippen molar-refractivity contribution in [2.24, 2.45) is 0 Å². The van der Waals surface area contributed by atoms with Crippen LogP contribution >= 0.6 is 11.8 Å². The second-order valence-electron chi connectivity index (χ2n) is 6.11. The minimum atomic E-state index is -0.335. The van der Waals surface area contributed by atoms with Crippen LogP contribution < -0.4 is 14.2 Å². The number of aromatic nitrogens is 2. The molecule has 0 saturated heterocycles. The molecule has 0 amide bonds. The van der Waals surface area contributed by atoms with Gasteiger partial charge in [-0.15, -0.1) is 10.2 Å². The highest BCUT2D eigenvalue weighted by molar-refractivity contribution is 8.00. The van der Waals surface area contributed by atoms with Crippen LogP contribution in [0.2, 0.25) is 0 Å². The third-order valence-corrected chi connectivity index (χ3v) is 5.59. The Hall–Kier alpha value is -3.00. The van der Waals surface area contributed by atoms with Crippen molar-refractivity contribution in [2.75, 3.05) is 21.3 Å². The van der Waals surface area contributed by atoms with Gasteiger partial charge in [-0.1, -0.05) is 23.9 Å². The van der Waals surface area contributed by atoms with Crippen LogP contribution in [0, 0.1) is 0 Å². The average Bonchev–Trinajstić information content (AvgIpc) is 3.31. The molecule has 0 fully saturated rings. The van der Waals surface area contributed by atoms with E-state index in [0.29, 0.717) is 45.9 Å². The van der Waals surface area contributed by atoms with Crippen molar-refractivity contribution in [3.8, 4) is 28.7 Å². The first-order valence-corrected chi connectivity index (χ1v) is 9.45. The predicted molar refractivity (Wildman–Crippen MR) is 104 cm³/mol. The fourth-order valence-electron chi connectivity index (χ4n) is 3.19. The van der Waals surface area contributed by atoms with Crippen LogP contribution in [-0.4, -0.2) is 42.6 Å². The minimum Gasteiger partial charge on any atom is -0.496 e. The molecule has 1 heterocycles. The van der Waals surface area contributed by atoms with Gasteiger partial charge >= 0.3 is 0 Å². The van der Waals surface area contributed by atoms with Crippen molar-refractivity contribution in [3.63, 3.8) is 0 Å². The summed E-state index contributed by atoms with van der Waals surface area (Å²) in [6, 6.07) is 11.0. The van der Waals surface area contributed by atoms with Crippen LogP contribution in [0.5, 0.6) is 17.2 Å². The number of carbonyl (C=O) groups is 1. The number of rotatable bonds is 6. The molecule has 1 atom stereocenters. The van der Waals surface area contributed by atoms with Gasteiger partial charge in [0.1, 0.15) is 5.75 Å². The van der Waals surface area contributed by atoms with Gasteiger partial charge < -0.3 is 18.6 Å². The van der Waals surface area contributed by atoms with E-state index in [2.05, 4.69) is 10.2 Å². The Labute approximate surface area is 166 Å². The van der Waals surface area contributed by atoms with Crippen LogP contribution in [0.15, 0.2) is 46.0 Å². The quantitative estimate of drug-likeness (QED) is 0.622. The van der Waals surface area contributed by atoms with Crippen LogP contribution in [0.4, 0.5) is 0 Å². The van der Waals surface area contributed by atoms with Crippen molar-refractivity contribution < 1.29 is 23.4 Å². The normalized spacial score (nSPS) is 15.4. The van der Waals surface area contributed by atoms with E-state index in [9.17, 15) is 4.79 Å². The maximum absolute atomic E-state index is 12.8. The van der Waals surface area contributed by atoms with E-state index in [1.807, 2.05) is 30.3 Å². The van der Waals surface area contributed by atoms with E-state index in [1.165, 1.54) is 11.8 Å². The van der Waals surface area contributed by atoms with Crippen LogP contribution in [0.1, 0.15) is 15.9 Å². The third-order valence-electron chi connectivity index (χ3n) is 4.56. The molecule has 8 heteroatoms. The Morgan fingerprint density at radius 3 is 2.43 bits per heavy atom. The molecule has 7 nitrogen and oxygen atoms in total. The molecular weight excluding hydrogens is 380 g/mol. The van der Waals surface area contributed by atoms with Gasteiger partial charge in [0.05, 0.1) is 32.1 Å². The summed E-state index contributed by atoms with van der Waals surface area (Å²) in [5.41, 5.74) is 2.27. The maximum Gasteiger partial charge on any atom is 0.277 e. The van der Waals surface area contributed by atoms with E-state index in [4.69, 9.17) is 18.6 Å². The van der Waals surface area contributed by atoms with Crippen molar-refractivity contribution >= 4 is 17.5 Å². The molecule has 28 heavy (non-hydrogen) atoms. The molecule has 0 unspecified atom stereocenters. The van der Waals surface area contributed by atoms with Crippen LogP contribution in [0.3, 0.4) is 0 Å². The van der Waals surface area contributed by atoms with Crippen molar-refractivity contribution in [1.29, 1.82) is 0 Å². The number of Topliss-reactive ketones (excluding diaryl/α,β-unsaturated/α-hetero) is 1. The number of benzene rings is 2. The van der Waals surface area contributed by atoms with Crippen LogP contribution in [-0.2, 0) is 6.42 Å². The fourth-order valence-corrected chi connectivity index (χ4v) is 4.14. The van der Waals surface area contributed by atoms with E-state index in [1.54, 1.807) is 27.4 Å². The molecule has 0 bridgehead atoms. The predicted octanol–water partition coefficient (Wildman–Crippen LogP) is 3.66. The molecule has 0 aliphatic heterocycles.